The Kier molecular flexibility index (Phi) is 21.8. The number of anilines is 6. The van der Waals surface area contributed by atoms with Gasteiger partial charge < -0.3 is 74.9 Å². The molecule has 0 saturated carbocycles. The molecule has 19 N–H and O–H groups in total. The Balaban J connectivity index is 0.000000289. The van der Waals surface area contributed by atoms with Crippen molar-refractivity contribution < 1.29 is 69.2 Å². The van der Waals surface area contributed by atoms with E-state index in [4.69, 9.17) is 86.5 Å². The first-order valence-electron chi connectivity index (χ1n) is 19.8. The monoisotopic (exact) mass is 980 g/mol. The molecular weight excluding hydrogens is 932 g/mol. The number of fused-ring (bicyclic) bond motifs is 1. The second-order valence-electron chi connectivity index (χ2n) is 14.2. The Morgan fingerprint density at radius 3 is 1.44 bits per heavy atom. The minimum atomic E-state index is -1.08. The Bertz CT molecular complexity index is 2840. The fourth-order valence-electron chi connectivity index (χ4n) is 5.29. The van der Waals surface area contributed by atoms with Crippen molar-refractivity contribution in [3.8, 4) is 11.5 Å². The van der Waals surface area contributed by atoms with Crippen LogP contribution in [0.1, 0.15) is 62.9 Å². The average Bonchev–Trinajstić information content (AvgIpc) is 3.30. The quantitative estimate of drug-likeness (QED) is 0.0515. The lowest BCUT2D eigenvalue weighted by atomic mass is 10.0. The standard InChI is InChI=1S/C11H9NO2.C8H9NO3.2C8H9NO2.C7H6ClNO2.C7H7NO3/c12-8-4-5-9-7(6-8)2-1-3-10(9)11(13)14;1-12-7-4-5(8(10)11)2-3-6(7)9;1-5-4-6(8(10)11)2-3-7(5)9;9-7-3-1-6(2-4-7)5-8(10)11;8-5-3-4(7(10)11)1-2-6(5)9;8-5-2-1-4(7(10)11)3-6(5)9/h1-6H,12H2,(H,13,14);2-4H,9H2,1H3,(H,10,11);2-4H,9H2,1H3,(H,10,11);1-4H,5,9H2,(H,10,11);1-3H,9H2,(H,10,11);1-3,9H,8H2,(H,10,11). The van der Waals surface area contributed by atoms with E-state index in [1.54, 1.807) is 73.7 Å². The van der Waals surface area contributed by atoms with Crippen molar-refractivity contribution in [2.75, 3.05) is 41.5 Å². The Hall–Kier alpha value is -9.69. The summed E-state index contributed by atoms with van der Waals surface area (Å²) in [5.41, 5.74) is 38.0. The molecule has 0 fully saturated rings. The predicted molar refractivity (Wildman–Crippen MR) is 267 cm³/mol. The van der Waals surface area contributed by atoms with Gasteiger partial charge in [0.2, 0.25) is 0 Å². The van der Waals surface area contributed by atoms with E-state index in [2.05, 4.69) is 0 Å². The Morgan fingerprint density at radius 1 is 0.500 bits per heavy atom. The van der Waals surface area contributed by atoms with E-state index in [9.17, 15) is 28.8 Å². The zero-order valence-corrected chi connectivity index (χ0v) is 38.0. The highest BCUT2D eigenvalue weighted by molar-refractivity contribution is 6.33. The lowest BCUT2D eigenvalue weighted by Crippen LogP contribution is -1.99. The van der Waals surface area contributed by atoms with Gasteiger partial charge in [0.1, 0.15) is 11.5 Å². The molecule has 0 aliphatic rings. The van der Waals surface area contributed by atoms with Crippen molar-refractivity contribution in [1.82, 2.24) is 0 Å². The van der Waals surface area contributed by atoms with E-state index in [-0.39, 0.29) is 45.1 Å². The highest BCUT2D eigenvalue weighted by Gasteiger charge is 2.09. The number of aromatic carboxylic acids is 5. The molecule has 0 saturated heterocycles. The van der Waals surface area contributed by atoms with Crippen LogP contribution in [0.15, 0.2) is 133 Å². The van der Waals surface area contributed by atoms with E-state index >= 15 is 0 Å². The van der Waals surface area contributed by atoms with Crippen LogP contribution in [-0.2, 0) is 11.2 Å². The Labute approximate surface area is 404 Å². The molecule has 0 bridgehead atoms. The molecule has 70 heavy (non-hydrogen) atoms. The second-order valence-corrected chi connectivity index (χ2v) is 14.6. The van der Waals surface area contributed by atoms with Gasteiger partial charge in [0.25, 0.3) is 0 Å². The number of carbonyl (C=O) groups is 6. The van der Waals surface area contributed by atoms with Crippen molar-refractivity contribution in [3.63, 3.8) is 0 Å². The van der Waals surface area contributed by atoms with Crippen LogP contribution in [-0.4, -0.2) is 78.7 Å². The van der Waals surface area contributed by atoms with Crippen LogP contribution in [0, 0.1) is 6.92 Å². The lowest BCUT2D eigenvalue weighted by molar-refractivity contribution is -0.136. The third-order valence-electron chi connectivity index (χ3n) is 8.99. The summed E-state index contributed by atoms with van der Waals surface area (Å²) in [4.78, 5) is 62.7. The van der Waals surface area contributed by atoms with Gasteiger partial charge in [-0.25, -0.2) is 24.0 Å². The summed E-state index contributed by atoms with van der Waals surface area (Å²) in [6, 6.07) is 34.1. The van der Waals surface area contributed by atoms with Crippen LogP contribution in [0.2, 0.25) is 5.02 Å². The van der Waals surface area contributed by atoms with Crippen LogP contribution in [0.25, 0.3) is 10.8 Å². The number of carboxylic acid groups (broad SMARTS) is 6. The summed E-state index contributed by atoms with van der Waals surface area (Å²) >= 11 is 5.57. The summed E-state index contributed by atoms with van der Waals surface area (Å²) in [5.74, 6) is -5.57. The molecule has 0 amide bonds. The smallest absolute Gasteiger partial charge is 0.336 e. The number of phenolic OH excluding ortho intramolecular Hbond substituents is 1. The topological polar surface area (TPSA) is 409 Å². The first-order chi connectivity index (χ1) is 32.8. The number of nitrogens with two attached hydrogens (primary N) is 6. The highest BCUT2D eigenvalue weighted by Crippen LogP contribution is 2.24. The normalized spacial score (nSPS) is 9.64. The molecule has 0 aromatic heterocycles. The maximum absolute atomic E-state index is 10.9. The summed E-state index contributed by atoms with van der Waals surface area (Å²) < 4.78 is 4.85. The van der Waals surface area contributed by atoms with Gasteiger partial charge in [-0.05, 0) is 132 Å². The van der Waals surface area contributed by atoms with Crippen LogP contribution in [0.5, 0.6) is 11.5 Å². The van der Waals surface area contributed by atoms with Crippen molar-refractivity contribution in [1.29, 1.82) is 0 Å². The largest absolute Gasteiger partial charge is 0.506 e. The molecule has 0 atom stereocenters. The van der Waals surface area contributed by atoms with E-state index in [0.717, 1.165) is 22.6 Å². The summed E-state index contributed by atoms with van der Waals surface area (Å²) in [5, 5.41) is 62.2. The number of aromatic hydroxyl groups is 1. The maximum Gasteiger partial charge on any atom is 0.336 e. The minimum absolute atomic E-state index is 0.0247. The number of carboxylic acids is 6. The Morgan fingerprint density at radius 2 is 0.971 bits per heavy atom. The minimum Gasteiger partial charge on any atom is -0.506 e. The number of hydrogen-bond donors (Lipinski definition) is 13. The second kappa shape index (κ2) is 27.1. The van der Waals surface area contributed by atoms with Crippen molar-refractivity contribution in [2.24, 2.45) is 0 Å². The SMILES string of the molecule is COc1cc(C(=O)O)ccc1N.Cc1cc(C(=O)O)ccc1N.Nc1ccc(C(=O)O)cc1Cl.Nc1ccc(C(=O)O)cc1O.Nc1ccc(CC(=O)O)cc1.Nc1ccc2c(C(=O)O)cccc2c1. The van der Waals surface area contributed by atoms with Crippen LogP contribution in [0.4, 0.5) is 34.1 Å². The molecule has 20 nitrogen and oxygen atoms in total. The molecule has 0 aliphatic carbocycles. The summed E-state index contributed by atoms with van der Waals surface area (Å²) in [7, 11) is 1.44. The molecule has 7 rings (SSSR count). The fraction of sp³-hybridized carbons (Fsp3) is 0.0612. The number of rotatable bonds is 8. The highest BCUT2D eigenvalue weighted by atomic mass is 35.5. The number of benzene rings is 7. The number of hydrogen-bond acceptors (Lipinski definition) is 14. The van der Waals surface area contributed by atoms with E-state index in [0.29, 0.717) is 45.1 Å². The number of aliphatic carboxylic acids is 1. The third kappa shape index (κ3) is 18.7. The zero-order chi connectivity index (χ0) is 52.8. The molecule has 7 aromatic rings. The lowest BCUT2D eigenvalue weighted by Gasteiger charge is -2.03. The number of ether oxygens (including phenoxy) is 1. The number of phenols is 1. The van der Waals surface area contributed by atoms with Gasteiger partial charge in [-0.15, -0.1) is 0 Å². The maximum atomic E-state index is 10.9. The third-order valence-corrected chi connectivity index (χ3v) is 9.32. The van der Waals surface area contributed by atoms with Crippen LogP contribution >= 0.6 is 11.6 Å². The molecule has 21 heteroatoms. The number of aryl methyl sites for hydroxylation is 1. The van der Waals surface area contributed by atoms with E-state index < -0.39 is 35.8 Å². The van der Waals surface area contributed by atoms with Gasteiger partial charge in [-0.2, -0.15) is 0 Å². The molecule has 0 radical (unpaired) electrons. The molecule has 7 aromatic carbocycles. The van der Waals surface area contributed by atoms with E-state index in [1.807, 2.05) is 6.07 Å². The van der Waals surface area contributed by atoms with Gasteiger partial charge in [-0.1, -0.05) is 41.9 Å². The molecule has 0 aliphatic heterocycles. The fourth-order valence-corrected chi connectivity index (χ4v) is 5.47. The number of methoxy groups -OCH3 is 1. The summed E-state index contributed by atoms with van der Waals surface area (Å²) in [6.45, 7) is 1.78. The van der Waals surface area contributed by atoms with Crippen molar-refractivity contribution in [3.05, 3.63) is 177 Å². The van der Waals surface area contributed by atoms with Gasteiger partial charge in [0.15, 0.2) is 0 Å². The molecule has 0 heterocycles. The van der Waals surface area contributed by atoms with Gasteiger partial charge in [-0.3, -0.25) is 4.79 Å². The first-order valence-corrected chi connectivity index (χ1v) is 20.2. The zero-order valence-electron chi connectivity index (χ0n) is 37.2. The number of nitrogen functional groups attached to an aromatic ring is 6. The van der Waals surface area contributed by atoms with Crippen LogP contribution < -0.4 is 39.1 Å². The predicted octanol–water partition coefficient (Wildman–Crippen LogP) is 7.56. The summed E-state index contributed by atoms with van der Waals surface area (Å²) in [6.07, 6.45) is 0.0558. The van der Waals surface area contributed by atoms with E-state index in [1.165, 1.54) is 61.7 Å². The molecule has 0 unspecified atom stereocenters. The average molecular weight is 981 g/mol. The van der Waals surface area contributed by atoms with Gasteiger partial charge in [0, 0.05) is 17.1 Å². The molecule has 0 spiro atoms. The molecular formula is C49H49ClN6O14. The van der Waals surface area contributed by atoms with Gasteiger partial charge >= 0.3 is 35.8 Å². The van der Waals surface area contributed by atoms with Gasteiger partial charge in [0.05, 0.1) is 63.4 Å². The van der Waals surface area contributed by atoms with Crippen LogP contribution in [0.3, 0.4) is 0 Å². The first kappa shape index (κ1) is 56.4. The number of halogens is 1. The van der Waals surface area contributed by atoms with Crippen molar-refractivity contribution in [2.45, 2.75) is 13.3 Å². The van der Waals surface area contributed by atoms with Crippen molar-refractivity contribution >= 4 is 92.3 Å². The molecule has 366 valence electrons.